The number of rotatable bonds is 6. The van der Waals surface area contributed by atoms with E-state index in [1.807, 2.05) is 20.1 Å². The lowest BCUT2D eigenvalue weighted by atomic mass is 10.2. The van der Waals surface area contributed by atoms with Crippen LogP contribution in [0.1, 0.15) is 25.0 Å². The topological polar surface area (TPSA) is 66.4 Å². The lowest BCUT2D eigenvalue weighted by Crippen LogP contribution is -2.36. The average molecular weight is 382 g/mol. The summed E-state index contributed by atoms with van der Waals surface area (Å²) in [6.45, 7) is 5.84. The summed E-state index contributed by atoms with van der Waals surface area (Å²) in [6.07, 6.45) is 1.95. The Labute approximate surface area is 133 Å². The van der Waals surface area contributed by atoms with Crippen molar-refractivity contribution < 1.29 is 13.5 Å². The van der Waals surface area contributed by atoms with Crippen LogP contribution in [0.4, 0.5) is 0 Å². The molecule has 1 aromatic rings. The Bertz CT molecular complexity index is 586. The zero-order valence-electron chi connectivity index (χ0n) is 12.0. The molecule has 2 N–H and O–H groups in total. The van der Waals surface area contributed by atoms with Crippen LogP contribution >= 0.6 is 27.7 Å². The molecule has 4 nitrogen and oxygen atoms in total. The van der Waals surface area contributed by atoms with Crippen LogP contribution < -0.4 is 4.72 Å². The highest BCUT2D eigenvalue weighted by molar-refractivity contribution is 9.10. The zero-order valence-corrected chi connectivity index (χ0v) is 15.2. The fraction of sp³-hybridized carbons (Fsp3) is 0.538. The van der Waals surface area contributed by atoms with Gasteiger partial charge in [-0.3, -0.25) is 0 Å². The van der Waals surface area contributed by atoms with Crippen LogP contribution in [-0.4, -0.2) is 31.1 Å². The summed E-state index contributed by atoms with van der Waals surface area (Å²) in [6, 6.07) is 3.23. The standard InChI is InChI=1S/C13H20BrNO3S2/c1-9-11(14)5-10(7-16)6-12(9)20(17,18)15-8-13(2,3)19-4/h5-6,15-16H,7-8H2,1-4H3. The summed E-state index contributed by atoms with van der Waals surface area (Å²) in [5.74, 6) is 0. The molecule has 114 valence electrons. The average Bonchev–Trinajstić information content (AvgIpc) is 2.39. The summed E-state index contributed by atoms with van der Waals surface area (Å²) >= 11 is 4.93. The number of aliphatic hydroxyl groups is 1. The first kappa shape index (κ1) is 18.0. The highest BCUT2D eigenvalue weighted by Gasteiger charge is 2.23. The molecule has 0 atom stereocenters. The van der Waals surface area contributed by atoms with Gasteiger partial charge in [0, 0.05) is 15.8 Å². The van der Waals surface area contributed by atoms with Gasteiger partial charge in [-0.15, -0.1) is 0 Å². The second-order valence-electron chi connectivity index (χ2n) is 5.15. The Morgan fingerprint density at radius 3 is 2.50 bits per heavy atom. The van der Waals surface area contributed by atoms with Crippen LogP contribution in [0.5, 0.6) is 0 Å². The van der Waals surface area contributed by atoms with Crippen molar-refractivity contribution in [1.82, 2.24) is 4.72 Å². The van der Waals surface area contributed by atoms with E-state index >= 15 is 0 Å². The van der Waals surface area contributed by atoms with Gasteiger partial charge in [0.25, 0.3) is 0 Å². The third kappa shape index (κ3) is 4.46. The van der Waals surface area contributed by atoms with E-state index in [-0.39, 0.29) is 16.2 Å². The van der Waals surface area contributed by atoms with Crippen LogP contribution in [0.15, 0.2) is 21.5 Å². The fourth-order valence-corrected chi connectivity index (χ4v) is 3.97. The molecule has 0 amide bonds. The molecule has 0 aliphatic carbocycles. The van der Waals surface area contributed by atoms with Gasteiger partial charge in [-0.25, -0.2) is 13.1 Å². The molecule has 1 rings (SSSR count). The van der Waals surface area contributed by atoms with Crippen molar-refractivity contribution in [2.24, 2.45) is 0 Å². The molecule has 0 heterocycles. The Hall–Kier alpha value is -0.0800. The fourth-order valence-electron chi connectivity index (χ4n) is 1.50. The van der Waals surface area contributed by atoms with Crippen molar-refractivity contribution >= 4 is 37.7 Å². The first-order chi connectivity index (χ1) is 9.13. The van der Waals surface area contributed by atoms with Crippen molar-refractivity contribution in [1.29, 1.82) is 0 Å². The van der Waals surface area contributed by atoms with Gasteiger partial charge in [0.05, 0.1) is 11.5 Å². The van der Waals surface area contributed by atoms with E-state index in [1.165, 1.54) is 6.07 Å². The van der Waals surface area contributed by atoms with E-state index in [4.69, 9.17) is 0 Å². The third-order valence-corrected chi connectivity index (χ3v) is 6.67. The molecule has 7 heteroatoms. The number of thioether (sulfide) groups is 1. The van der Waals surface area contributed by atoms with E-state index in [1.54, 1.807) is 24.8 Å². The van der Waals surface area contributed by atoms with Gasteiger partial charge in [-0.05, 0) is 50.3 Å². The molecular formula is C13H20BrNO3S2. The number of hydrogen-bond acceptors (Lipinski definition) is 4. The first-order valence-corrected chi connectivity index (χ1v) is 9.58. The maximum Gasteiger partial charge on any atom is 0.240 e. The molecule has 0 fully saturated rings. The Morgan fingerprint density at radius 2 is 2.00 bits per heavy atom. The van der Waals surface area contributed by atoms with Gasteiger partial charge in [0.1, 0.15) is 0 Å². The van der Waals surface area contributed by atoms with Crippen LogP contribution in [-0.2, 0) is 16.6 Å². The van der Waals surface area contributed by atoms with E-state index < -0.39 is 10.0 Å². The molecule has 0 unspecified atom stereocenters. The first-order valence-electron chi connectivity index (χ1n) is 6.07. The second-order valence-corrected chi connectivity index (χ2v) is 9.25. The molecule has 0 bridgehead atoms. The van der Waals surface area contributed by atoms with Gasteiger partial charge in [0.2, 0.25) is 10.0 Å². The highest BCUT2D eigenvalue weighted by Crippen LogP contribution is 2.27. The minimum absolute atomic E-state index is 0.174. The third-order valence-electron chi connectivity index (χ3n) is 3.07. The number of hydrogen-bond donors (Lipinski definition) is 2. The minimum Gasteiger partial charge on any atom is -0.392 e. The van der Waals surface area contributed by atoms with E-state index in [0.717, 1.165) is 0 Å². The van der Waals surface area contributed by atoms with Crippen LogP contribution in [0, 0.1) is 6.92 Å². The maximum absolute atomic E-state index is 12.4. The van der Waals surface area contributed by atoms with Crippen LogP contribution in [0.25, 0.3) is 0 Å². The maximum atomic E-state index is 12.4. The quantitative estimate of drug-likeness (QED) is 0.794. The SMILES string of the molecule is CSC(C)(C)CNS(=O)(=O)c1cc(CO)cc(Br)c1C. The van der Waals surface area contributed by atoms with Gasteiger partial charge in [-0.2, -0.15) is 11.8 Å². The lowest BCUT2D eigenvalue weighted by Gasteiger charge is -2.22. The molecule has 0 aliphatic heterocycles. The molecule has 0 spiro atoms. The van der Waals surface area contributed by atoms with Gasteiger partial charge in [0.15, 0.2) is 0 Å². The molecule has 0 radical (unpaired) electrons. The highest BCUT2D eigenvalue weighted by atomic mass is 79.9. The monoisotopic (exact) mass is 381 g/mol. The number of halogens is 1. The predicted molar refractivity (Wildman–Crippen MR) is 87.6 cm³/mol. The number of benzene rings is 1. The summed E-state index contributed by atoms with van der Waals surface area (Å²) in [5.41, 5.74) is 1.20. The summed E-state index contributed by atoms with van der Waals surface area (Å²) in [5, 5.41) is 9.20. The molecular weight excluding hydrogens is 362 g/mol. The smallest absolute Gasteiger partial charge is 0.240 e. The van der Waals surface area contributed by atoms with Crippen LogP contribution in [0.2, 0.25) is 0 Å². The molecule has 20 heavy (non-hydrogen) atoms. The Morgan fingerprint density at radius 1 is 1.40 bits per heavy atom. The van der Waals surface area contributed by atoms with Gasteiger partial charge < -0.3 is 5.11 Å². The van der Waals surface area contributed by atoms with Crippen molar-refractivity contribution in [3.63, 3.8) is 0 Å². The van der Waals surface area contributed by atoms with E-state index in [2.05, 4.69) is 20.7 Å². The molecule has 0 saturated heterocycles. The number of nitrogens with one attached hydrogen (secondary N) is 1. The van der Waals surface area contributed by atoms with Gasteiger partial charge in [-0.1, -0.05) is 15.9 Å². The van der Waals surface area contributed by atoms with Crippen molar-refractivity contribution in [2.45, 2.75) is 37.0 Å². The van der Waals surface area contributed by atoms with E-state index in [0.29, 0.717) is 22.1 Å². The molecule has 0 aliphatic rings. The summed E-state index contributed by atoms with van der Waals surface area (Å²) < 4.78 is 28.0. The molecule has 1 aromatic carbocycles. The Balaban J connectivity index is 3.13. The normalized spacial score (nSPS) is 12.7. The van der Waals surface area contributed by atoms with Crippen molar-refractivity contribution in [3.05, 3.63) is 27.7 Å². The largest absolute Gasteiger partial charge is 0.392 e. The van der Waals surface area contributed by atoms with Crippen molar-refractivity contribution in [2.75, 3.05) is 12.8 Å². The second kappa shape index (κ2) is 6.79. The minimum atomic E-state index is -3.59. The number of aliphatic hydroxyl groups excluding tert-OH is 1. The van der Waals surface area contributed by atoms with Crippen molar-refractivity contribution in [3.8, 4) is 0 Å². The Kier molecular flexibility index (Phi) is 6.10. The molecule has 0 saturated carbocycles. The predicted octanol–water partition coefficient (Wildman–Crippen LogP) is 2.67. The lowest BCUT2D eigenvalue weighted by molar-refractivity contribution is 0.281. The van der Waals surface area contributed by atoms with Gasteiger partial charge >= 0.3 is 0 Å². The zero-order chi connectivity index (χ0) is 15.6. The van der Waals surface area contributed by atoms with Crippen LogP contribution in [0.3, 0.4) is 0 Å². The number of sulfonamides is 1. The summed E-state index contributed by atoms with van der Waals surface area (Å²) in [4.78, 5) is 0.202. The molecule has 0 aromatic heterocycles. The van der Waals surface area contributed by atoms with E-state index in [9.17, 15) is 13.5 Å². The summed E-state index contributed by atoms with van der Waals surface area (Å²) in [7, 11) is -3.59.